The summed E-state index contributed by atoms with van der Waals surface area (Å²) in [4.78, 5) is 46.0. The smallest absolute Gasteiger partial charge is 0.416 e. The first-order chi connectivity index (χ1) is 11.4. The number of ether oxygens (including phenoxy) is 3. The highest BCUT2D eigenvalue weighted by Crippen LogP contribution is 2.28. The van der Waals surface area contributed by atoms with Gasteiger partial charge in [-0.2, -0.15) is 0 Å². The fraction of sp³-hybridized carbons (Fsp3) is 0.357. The highest BCUT2D eigenvalue weighted by molar-refractivity contribution is 5.96. The van der Waals surface area contributed by atoms with Crippen LogP contribution in [0.15, 0.2) is 18.2 Å². The molecule has 0 atom stereocenters. The van der Waals surface area contributed by atoms with E-state index in [0.717, 1.165) is 11.0 Å². The summed E-state index contributed by atoms with van der Waals surface area (Å²) in [6, 6.07) is 3.56. The van der Waals surface area contributed by atoms with Crippen molar-refractivity contribution in [3.8, 4) is 5.75 Å². The first kappa shape index (κ1) is 17.2. The van der Waals surface area contributed by atoms with E-state index in [0.29, 0.717) is 0 Å². The van der Waals surface area contributed by atoms with Gasteiger partial charge in [0.15, 0.2) is 12.4 Å². The number of cyclic esters (lactones) is 1. The van der Waals surface area contributed by atoms with Gasteiger partial charge in [0.2, 0.25) is 0 Å². The summed E-state index contributed by atoms with van der Waals surface area (Å²) in [5, 5.41) is 11.0. The molecule has 10 nitrogen and oxygen atoms in total. The molecule has 0 radical (unpaired) electrons. The van der Waals surface area contributed by atoms with E-state index in [-0.39, 0.29) is 36.8 Å². The minimum Gasteiger partial charge on any atom is -0.487 e. The van der Waals surface area contributed by atoms with Gasteiger partial charge in [-0.15, -0.1) is 0 Å². The number of carbonyl (C=O) groups excluding carboxylic acids is 3. The van der Waals surface area contributed by atoms with Gasteiger partial charge in [-0.1, -0.05) is 0 Å². The van der Waals surface area contributed by atoms with Gasteiger partial charge in [-0.25, -0.2) is 14.5 Å². The molecule has 0 saturated carbocycles. The Balaban J connectivity index is 2.04. The number of hydrogen-bond acceptors (Lipinski definition) is 8. The summed E-state index contributed by atoms with van der Waals surface area (Å²) in [5.41, 5.74) is -0.498. The molecule has 1 aromatic carbocycles. The molecule has 2 amide bonds. The molecular formula is C14H14N2O8. The Labute approximate surface area is 136 Å². The van der Waals surface area contributed by atoms with Gasteiger partial charge < -0.3 is 14.2 Å². The predicted octanol–water partition coefficient (Wildman–Crippen LogP) is 1.13. The molecule has 24 heavy (non-hydrogen) atoms. The van der Waals surface area contributed by atoms with Gasteiger partial charge in [0.1, 0.15) is 6.61 Å². The molecule has 0 aliphatic carbocycles. The predicted molar refractivity (Wildman–Crippen MR) is 77.6 cm³/mol. The van der Waals surface area contributed by atoms with Gasteiger partial charge in [-0.05, 0) is 19.1 Å². The Kier molecular flexibility index (Phi) is 5.30. The van der Waals surface area contributed by atoms with Crippen molar-refractivity contribution in [2.45, 2.75) is 6.92 Å². The molecule has 1 heterocycles. The first-order valence-electron chi connectivity index (χ1n) is 6.99. The molecule has 128 valence electrons. The Morgan fingerprint density at radius 2 is 2.17 bits per heavy atom. The number of rotatable bonds is 6. The minimum absolute atomic E-state index is 0.0231. The Hall–Kier alpha value is -3.17. The standard InChI is InChI=1S/C14H14N2O8/c1-2-22-11-4-3-9(7-10(11)16(20)21)13(18)24-8-12(17)15-5-6-23-14(15)19/h3-4,7H,2,5-6,8H2,1H3. The monoisotopic (exact) mass is 338 g/mol. The quantitative estimate of drug-likeness (QED) is 0.429. The maximum absolute atomic E-state index is 11.9. The lowest BCUT2D eigenvalue weighted by atomic mass is 10.2. The molecule has 1 fully saturated rings. The summed E-state index contributed by atoms with van der Waals surface area (Å²) < 4.78 is 14.5. The number of amides is 2. The zero-order valence-corrected chi connectivity index (χ0v) is 12.7. The average molecular weight is 338 g/mol. The van der Waals surface area contributed by atoms with E-state index in [9.17, 15) is 24.5 Å². The van der Waals surface area contributed by atoms with E-state index in [1.165, 1.54) is 12.1 Å². The van der Waals surface area contributed by atoms with E-state index >= 15 is 0 Å². The lowest BCUT2D eigenvalue weighted by molar-refractivity contribution is -0.385. The summed E-state index contributed by atoms with van der Waals surface area (Å²) in [6.07, 6.45) is -0.798. The van der Waals surface area contributed by atoms with Crippen LogP contribution in [0, 0.1) is 10.1 Å². The van der Waals surface area contributed by atoms with Crippen LogP contribution in [0.3, 0.4) is 0 Å². The number of esters is 1. The Bertz CT molecular complexity index is 687. The third kappa shape index (κ3) is 3.77. The van der Waals surface area contributed by atoms with Crippen LogP contribution in [0.2, 0.25) is 0 Å². The third-order valence-corrected chi connectivity index (χ3v) is 3.08. The molecular weight excluding hydrogens is 324 g/mol. The molecule has 0 spiro atoms. The number of imide groups is 1. The van der Waals surface area contributed by atoms with Crippen molar-refractivity contribution >= 4 is 23.7 Å². The summed E-state index contributed by atoms with van der Waals surface area (Å²) in [5.74, 6) is -1.64. The second kappa shape index (κ2) is 7.40. The zero-order chi connectivity index (χ0) is 17.7. The topological polar surface area (TPSA) is 125 Å². The molecule has 10 heteroatoms. The lowest BCUT2D eigenvalue weighted by Gasteiger charge is -2.11. The van der Waals surface area contributed by atoms with Crippen LogP contribution in [-0.2, 0) is 14.3 Å². The van der Waals surface area contributed by atoms with Gasteiger partial charge in [-0.3, -0.25) is 14.9 Å². The van der Waals surface area contributed by atoms with Crippen molar-refractivity contribution in [3.05, 3.63) is 33.9 Å². The summed E-state index contributed by atoms with van der Waals surface area (Å²) in [6.45, 7) is 1.40. The van der Waals surface area contributed by atoms with Crippen LogP contribution < -0.4 is 4.74 Å². The van der Waals surface area contributed by atoms with E-state index < -0.39 is 29.5 Å². The largest absolute Gasteiger partial charge is 0.487 e. The van der Waals surface area contributed by atoms with E-state index in [2.05, 4.69) is 4.74 Å². The van der Waals surface area contributed by atoms with Crippen LogP contribution in [0.1, 0.15) is 17.3 Å². The van der Waals surface area contributed by atoms with Crippen molar-refractivity contribution in [3.63, 3.8) is 0 Å². The number of nitro benzene ring substituents is 1. The number of benzene rings is 1. The molecule has 0 bridgehead atoms. The molecule has 2 rings (SSSR count). The Morgan fingerprint density at radius 3 is 2.75 bits per heavy atom. The zero-order valence-electron chi connectivity index (χ0n) is 12.7. The second-order valence-electron chi connectivity index (χ2n) is 4.61. The highest BCUT2D eigenvalue weighted by Gasteiger charge is 2.29. The van der Waals surface area contributed by atoms with Gasteiger partial charge in [0.05, 0.1) is 23.6 Å². The molecule has 0 aromatic heterocycles. The number of hydrogen-bond donors (Lipinski definition) is 0. The van der Waals surface area contributed by atoms with Crippen LogP contribution in [-0.4, -0.2) is 54.2 Å². The lowest BCUT2D eigenvalue weighted by Crippen LogP contribution is -2.35. The fourth-order valence-electron chi connectivity index (χ4n) is 1.97. The van der Waals surface area contributed by atoms with E-state index in [4.69, 9.17) is 9.47 Å². The number of nitro groups is 1. The molecule has 1 saturated heterocycles. The molecule has 0 N–H and O–H groups in total. The van der Waals surface area contributed by atoms with Crippen molar-refractivity contribution in [2.24, 2.45) is 0 Å². The number of carbonyl (C=O) groups is 3. The van der Waals surface area contributed by atoms with E-state index in [1.54, 1.807) is 6.92 Å². The van der Waals surface area contributed by atoms with Crippen molar-refractivity contribution in [2.75, 3.05) is 26.4 Å². The van der Waals surface area contributed by atoms with Crippen molar-refractivity contribution in [1.82, 2.24) is 4.90 Å². The summed E-state index contributed by atoms with van der Waals surface area (Å²) >= 11 is 0. The first-order valence-corrected chi connectivity index (χ1v) is 6.99. The van der Waals surface area contributed by atoms with Crippen LogP contribution in [0.25, 0.3) is 0 Å². The molecule has 0 unspecified atom stereocenters. The molecule has 1 aliphatic heterocycles. The summed E-state index contributed by atoms with van der Waals surface area (Å²) in [7, 11) is 0. The third-order valence-electron chi connectivity index (χ3n) is 3.08. The minimum atomic E-state index is -0.929. The van der Waals surface area contributed by atoms with E-state index in [1.807, 2.05) is 0 Å². The van der Waals surface area contributed by atoms with Crippen molar-refractivity contribution in [1.29, 1.82) is 0 Å². The normalized spacial score (nSPS) is 13.4. The highest BCUT2D eigenvalue weighted by atomic mass is 16.6. The maximum atomic E-state index is 11.9. The average Bonchev–Trinajstić information content (AvgIpc) is 2.99. The SMILES string of the molecule is CCOc1ccc(C(=O)OCC(=O)N2CCOC2=O)cc1[N+](=O)[O-]. The Morgan fingerprint density at radius 1 is 1.42 bits per heavy atom. The molecule has 1 aromatic rings. The maximum Gasteiger partial charge on any atom is 0.416 e. The second-order valence-corrected chi connectivity index (χ2v) is 4.61. The number of nitrogens with zero attached hydrogens (tertiary/aromatic N) is 2. The van der Waals surface area contributed by atoms with Crippen LogP contribution in [0.4, 0.5) is 10.5 Å². The van der Waals surface area contributed by atoms with Crippen molar-refractivity contribution < 1.29 is 33.5 Å². The fourth-order valence-corrected chi connectivity index (χ4v) is 1.97. The van der Waals surface area contributed by atoms with Crippen LogP contribution >= 0.6 is 0 Å². The van der Waals surface area contributed by atoms with Crippen LogP contribution in [0.5, 0.6) is 5.75 Å². The van der Waals surface area contributed by atoms with Gasteiger partial charge in [0.25, 0.3) is 5.91 Å². The molecule has 1 aliphatic rings. The van der Waals surface area contributed by atoms with Gasteiger partial charge >= 0.3 is 17.7 Å². The van der Waals surface area contributed by atoms with Gasteiger partial charge in [0, 0.05) is 6.07 Å².